The van der Waals surface area contributed by atoms with Crippen molar-refractivity contribution in [2.45, 2.75) is 6.43 Å². The highest BCUT2D eigenvalue weighted by molar-refractivity contribution is 5.76. The number of hydrogen-bond donors (Lipinski definition) is 1. The van der Waals surface area contributed by atoms with Gasteiger partial charge in [-0.15, -0.1) is 0 Å². The first kappa shape index (κ1) is 11.0. The molecule has 0 aromatic carbocycles. The predicted octanol–water partition coefficient (Wildman–Crippen LogP) is 1.03. The Morgan fingerprint density at radius 1 is 1.53 bits per heavy atom. The molecule has 1 aromatic heterocycles. The summed E-state index contributed by atoms with van der Waals surface area (Å²) in [6.45, 7) is 0. The molecule has 15 heavy (non-hydrogen) atoms. The van der Waals surface area contributed by atoms with E-state index in [0.29, 0.717) is 6.07 Å². The average Bonchev–Trinajstić information content (AvgIpc) is 2.16. The van der Waals surface area contributed by atoms with Crippen LogP contribution in [0.15, 0.2) is 10.9 Å². The number of halogens is 2. The zero-order chi connectivity index (χ0) is 11.6. The van der Waals surface area contributed by atoms with Crippen LogP contribution in [0.4, 0.5) is 14.6 Å². The van der Waals surface area contributed by atoms with Crippen molar-refractivity contribution in [3.8, 4) is 0 Å². The van der Waals surface area contributed by atoms with Crippen LogP contribution < -0.4 is 5.43 Å². The van der Waals surface area contributed by atoms with Crippen molar-refractivity contribution in [3.05, 3.63) is 37.7 Å². The summed E-state index contributed by atoms with van der Waals surface area (Å²) in [6.07, 6.45) is -3.22. The van der Waals surface area contributed by atoms with Gasteiger partial charge in [-0.05, 0) is 4.92 Å². The molecule has 0 fully saturated rings. The fourth-order valence-electron chi connectivity index (χ4n) is 0.968. The summed E-state index contributed by atoms with van der Waals surface area (Å²) in [7, 11) is 0. The smallest absolute Gasteiger partial charge is 0.325 e. The third kappa shape index (κ3) is 2.03. The zero-order valence-electron chi connectivity index (χ0n) is 7.07. The number of H-pyrrole nitrogens is 1. The lowest BCUT2D eigenvalue weighted by Gasteiger charge is -2.00. The maximum absolute atomic E-state index is 12.3. The number of nitro groups is 1. The van der Waals surface area contributed by atoms with E-state index < -0.39 is 33.9 Å². The normalized spacial score (nSPS) is 10.3. The number of alkyl halides is 2. The molecule has 0 aliphatic carbocycles. The minimum absolute atomic E-state index is 0.0654. The molecule has 0 radical (unpaired) electrons. The molecule has 0 amide bonds. The summed E-state index contributed by atoms with van der Waals surface area (Å²) in [5.41, 5.74) is -2.94. The van der Waals surface area contributed by atoms with Gasteiger partial charge in [-0.3, -0.25) is 9.59 Å². The van der Waals surface area contributed by atoms with Crippen molar-refractivity contribution in [2.24, 2.45) is 0 Å². The molecule has 0 bridgehead atoms. The molecule has 0 atom stereocenters. The van der Waals surface area contributed by atoms with Gasteiger partial charge in [-0.1, -0.05) is 0 Å². The van der Waals surface area contributed by atoms with Gasteiger partial charge in [-0.2, -0.15) is 0 Å². The molecule has 0 saturated carbocycles. The fourth-order valence-corrected chi connectivity index (χ4v) is 0.968. The van der Waals surface area contributed by atoms with E-state index in [9.17, 15) is 28.5 Å². The summed E-state index contributed by atoms with van der Waals surface area (Å²) in [5, 5.41) is 10.2. The lowest BCUT2D eigenvalue weighted by Crippen LogP contribution is -2.14. The largest absolute Gasteiger partial charge is 0.358 e. The number of aromatic nitrogens is 1. The molecule has 6 nitrogen and oxygen atoms in total. The van der Waals surface area contributed by atoms with Gasteiger partial charge in [0.15, 0.2) is 12.0 Å². The third-order valence-corrected chi connectivity index (χ3v) is 1.62. The molecular weight excluding hydrogens is 214 g/mol. The van der Waals surface area contributed by atoms with E-state index in [4.69, 9.17) is 0 Å². The van der Waals surface area contributed by atoms with E-state index in [0.717, 1.165) is 0 Å². The summed E-state index contributed by atoms with van der Waals surface area (Å²) in [4.78, 5) is 32.2. The Hall–Kier alpha value is -2.12. The topological polar surface area (TPSA) is 93.1 Å². The molecule has 8 heteroatoms. The number of nitrogens with one attached hydrogen (secondary N) is 1. The van der Waals surface area contributed by atoms with Crippen LogP contribution >= 0.6 is 0 Å². The van der Waals surface area contributed by atoms with Crippen molar-refractivity contribution in [2.75, 3.05) is 0 Å². The van der Waals surface area contributed by atoms with E-state index in [-0.39, 0.29) is 6.29 Å². The number of carbonyl (C=O) groups excluding carboxylic acids is 1. The number of rotatable bonds is 3. The molecule has 1 heterocycles. The Balaban J connectivity index is 3.52. The van der Waals surface area contributed by atoms with Crippen LogP contribution in [0.5, 0.6) is 0 Å². The Morgan fingerprint density at radius 3 is 2.53 bits per heavy atom. The van der Waals surface area contributed by atoms with Crippen LogP contribution in [0.25, 0.3) is 0 Å². The van der Waals surface area contributed by atoms with Crippen LogP contribution in [0.1, 0.15) is 22.5 Å². The number of carbonyl (C=O) groups is 1. The second-order valence-corrected chi connectivity index (χ2v) is 2.52. The zero-order valence-corrected chi connectivity index (χ0v) is 7.07. The first-order valence-corrected chi connectivity index (χ1v) is 3.62. The highest BCUT2D eigenvalue weighted by Crippen LogP contribution is 2.19. The van der Waals surface area contributed by atoms with Crippen LogP contribution in [-0.2, 0) is 0 Å². The van der Waals surface area contributed by atoms with Crippen molar-refractivity contribution in [1.82, 2.24) is 4.98 Å². The maximum atomic E-state index is 12.3. The molecular formula is C7H4F2N2O4. The first-order chi connectivity index (χ1) is 6.97. The van der Waals surface area contributed by atoms with Crippen molar-refractivity contribution >= 4 is 12.1 Å². The molecule has 0 spiro atoms. The van der Waals surface area contributed by atoms with Gasteiger partial charge in [0.05, 0.1) is 6.07 Å². The maximum Gasteiger partial charge on any atom is 0.325 e. The SMILES string of the molecule is O=Cc1c(C(F)F)[nH]c([N+](=O)[O-])cc1=O. The number of nitrogens with zero attached hydrogens (tertiary/aromatic N) is 1. The summed E-state index contributed by atoms with van der Waals surface area (Å²) in [6, 6.07) is 0.482. The summed E-state index contributed by atoms with van der Waals surface area (Å²) >= 11 is 0. The fraction of sp³-hybridized carbons (Fsp3) is 0.143. The van der Waals surface area contributed by atoms with E-state index >= 15 is 0 Å². The van der Waals surface area contributed by atoms with Crippen molar-refractivity contribution < 1.29 is 18.5 Å². The second-order valence-electron chi connectivity index (χ2n) is 2.52. The van der Waals surface area contributed by atoms with E-state index in [1.54, 1.807) is 4.98 Å². The Kier molecular flexibility index (Phi) is 2.88. The lowest BCUT2D eigenvalue weighted by atomic mass is 10.2. The van der Waals surface area contributed by atoms with Crippen molar-refractivity contribution in [1.29, 1.82) is 0 Å². The van der Waals surface area contributed by atoms with Gasteiger partial charge in [-0.25, -0.2) is 13.8 Å². The standard InChI is InChI=1S/C7H4F2N2O4/c8-7(9)6-3(2-12)4(13)1-5(10-6)11(14)15/h1-2,7H,(H,10,13). The Bertz CT molecular complexity index is 469. The highest BCUT2D eigenvalue weighted by atomic mass is 19.3. The molecule has 1 aromatic rings. The Morgan fingerprint density at radius 2 is 2.13 bits per heavy atom. The minimum Gasteiger partial charge on any atom is -0.358 e. The van der Waals surface area contributed by atoms with Crippen molar-refractivity contribution in [3.63, 3.8) is 0 Å². The number of aldehydes is 1. The molecule has 1 rings (SSSR count). The summed E-state index contributed by atoms with van der Waals surface area (Å²) < 4.78 is 24.6. The van der Waals surface area contributed by atoms with Gasteiger partial charge in [0, 0.05) is 0 Å². The number of pyridine rings is 1. The van der Waals surface area contributed by atoms with E-state index in [1.165, 1.54) is 0 Å². The lowest BCUT2D eigenvalue weighted by molar-refractivity contribution is -0.389. The van der Waals surface area contributed by atoms with Gasteiger partial charge in [0.1, 0.15) is 5.56 Å². The van der Waals surface area contributed by atoms with Gasteiger partial charge >= 0.3 is 5.82 Å². The second kappa shape index (κ2) is 3.95. The third-order valence-electron chi connectivity index (χ3n) is 1.62. The quantitative estimate of drug-likeness (QED) is 0.465. The van der Waals surface area contributed by atoms with E-state index in [1.807, 2.05) is 0 Å². The molecule has 0 saturated heterocycles. The number of hydrogen-bond acceptors (Lipinski definition) is 4. The monoisotopic (exact) mass is 218 g/mol. The average molecular weight is 218 g/mol. The number of aromatic amines is 1. The van der Waals surface area contributed by atoms with Crippen LogP contribution in [-0.4, -0.2) is 16.2 Å². The van der Waals surface area contributed by atoms with Crippen LogP contribution in [0.2, 0.25) is 0 Å². The predicted molar refractivity (Wildman–Crippen MR) is 44.1 cm³/mol. The minimum atomic E-state index is -3.15. The molecule has 0 aliphatic heterocycles. The Labute approximate surface area is 80.7 Å². The molecule has 80 valence electrons. The first-order valence-electron chi connectivity index (χ1n) is 3.62. The summed E-state index contributed by atoms with van der Waals surface area (Å²) in [5.74, 6) is -0.874. The van der Waals surface area contributed by atoms with E-state index in [2.05, 4.69) is 0 Å². The molecule has 0 unspecified atom stereocenters. The molecule has 0 aliphatic rings. The van der Waals surface area contributed by atoms with Gasteiger partial charge in [0.25, 0.3) is 6.43 Å². The van der Waals surface area contributed by atoms with Gasteiger partial charge < -0.3 is 10.1 Å². The van der Waals surface area contributed by atoms with Crippen LogP contribution in [0.3, 0.4) is 0 Å². The highest BCUT2D eigenvalue weighted by Gasteiger charge is 2.22. The van der Waals surface area contributed by atoms with Gasteiger partial charge in [0.2, 0.25) is 5.43 Å². The molecule has 1 N–H and O–H groups in total. The van der Waals surface area contributed by atoms with Crippen LogP contribution in [0, 0.1) is 10.1 Å².